The molecule has 66 valence electrons. The highest BCUT2D eigenvalue weighted by atomic mass is 35.5. The molecule has 3 heteroatoms. The van der Waals surface area contributed by atoms with Gasteiger partial charge in [0.2, 0.25) is 0 Å². The van der Waals surface area contributed by atoms with Crippen LogP contribution in [0.2, 0.25) is 0 Å². The zero-order valence-electron chi connectivity index (χ0n) is 7.47. The van der Waals surface area contributed by atoms with Crippen LogP contribution in [0.5, 0.6) is 0 Å². The Morgan fingerprint density at radius 3 is 2.45 bits per heavy atom. The van der Waals surface area contributed by atoms with Crippen molar-refractivity contribution < 1.29 is 9.59 Å². The number of likely N-dealkylation sites (N-methyl/N-ethyl adjacent to an activating group) is 1. The largest absolute Gasteiger partial charge is 0.391 e. The number of aliphatic hydroxyl groups is 1. The molecule has 2 nitrogen and oxygen atoms in total. The van der Waals surface area contributed by atoms with Gasteiger partial charge in [-0.25, -0.2) is 0 Å². The van der Waals surface area contributed by atoms with E-state index in [0.29, 0.717) is 0 Å². The van der Waals surface area contributed by atoms with Gasteiger partial charge < -0.3 is 9.59 Å². The maximum absolute atomic E-state index is 8.70. The third-order valence-corrected chi connectivity index (χ3v) is 1.73. The van der Waals surface area contributed by atoms with Crippen molar-refractivity contribution in [2.75, 3.05) is 33.8 Å². The van der Waals surface area contributed by atoms with Gasteiger partial charge in [0.1, 0.15) is 6.54 Å². The lowest BCUT2D eigenvalue weighted by Crippen LogP contribution is -2.41. The van der Waals surface area contributed by atoms with E-state index in [2.05, 4.69) is 14.1 Å². The molecular formula is C8H17ClNO+. The molecule has 0 radical (unpaired) electrons. The molecule has 0 fully saturated rings. The number of quaternary nitrogens is 1. The maximum Gasteiger partial charge on any atom is 0.102 e. The van der Waals surface area contributed by atoms with Gasteiger partial charge in [-0.1, -0.05) is 11.6 Å². The Labute approximate surface area is 73.7 Å². The molecule has 11 heavy (non-hydrogen) atoms. The molecular weight excluding hydrogens is 162 g/mol. The summed E-state index contributed by atoms with van der Waals surface area (Å²) >= 11 is 5.67. The van der Waals surface area contributed by atoms with Crippen molar-refractivity contribution in [1.29, 1.82) is 0 Å². The van der Waals surface area contributed by atoms with E-state index in [-0.39, 0.29) is 6.61 Å². The first-order valence-electron chi connectivity index (χ1n) is 3.73. The van der Waals surface area contributed by atoms with Crippen LogP contribution < -0.4 is 0 Å². The van der Waals surface area contributed by atoms with E-state index >= 15 is 0 Å². The van der Waals surface area contributed by atoms with E-state index in [1.807, 2.05) is 13.0 Å². The Morgan fingerprint density at radius 2 is 2.09 bits per heavy atom. The smallest absolute Gasteiger partial charge is 0.102 e. The number of hydrogen-bond donors (Lipinski definition) is 1. The number of aliphatic hydroxyl groups excluding tert-OH is 1. The minimum Gasteiger partial charge on any atom is -0.391 e. The van der Waals surface area contributed by atoms with Crippen LogP contribution in [0.3, 0.4) is 0 Å². The molecule has 0 aromatic heterocycles. The van der Waals surface area contributed by atoms with Gasteiger partial charge >= 0.3 is 0 Å². The number of nitrogens with zero attached hydrogens (tertiary/aromatic N) is 1. The lowest BCUT2D eigenvalue weighted by molar-refractivity contribution is -0.884. The molecule has 0 saturated carbocycles. The van der Waals surface area contributed by atoms with E-state index in [0.717, 1.165) is 22.6 Å². The van der Waals surface area contributed by atoms with Gasteiger partial charge in [-0.15, -0.1) is 0 Å². The van der Waals surface area contributed by atoms with E-state index in [9.17, 15) is 0 Å². The highest BCUT2D eigenvalue weighted by Gasteiger charge is 2.10. The molecule has 0 unspecified atom stereocenters. The molecule has 0 bridgehead atoms. The second kappa shape index (κ2) is 4.75. The van der Waals surface area contributed by atoms with Gasteiger partial charge in [-0.2, -0.15) is 0 Å². The molecule has 0 aromatic carbocycles. The SMILES string of the molecule is C/C(Cl)=C\C[N+](C)(C)CCO. The summed E-state index contributed by atoms with van der Waals surface area (Å²) in [6.45, 7) is 3.72. The Hall–Kier alpha value is -0.0500. The minimum absolute atomic E-state index is 0.224. The molecule has 0 aliphatic rings. The van der Waals surface area contributed by atoms with Crippen LogP contribution in [-0.4, -0.2) is 43.4 Å². The van der Waals surface area contributed by atoms with Crippen molar-refractivity contribution >= 4 is 11.6 Å². The molecule has 0 spiro atoms. The predicted molar refractivity (Wildman–Crippen MR) is 48.5 cm³/mol. The van der Waals surface area contributed by atoms with Gasteiger partial charge in [-0.3, -0.25) is 0 Å². The summed E-state index contributed by atoms with van der Waals surface area (Å²) in [5, 5.41) is 9.51. The van der Waals surface area contributed by atoms with Gasteiger partial charge in [0.25, 0.3) is 0 Å². The van der Waals surface area contributed by atoms with Crippen molar-refractivity contribution in [2.45, 2.75) is 6.92 Å². The average Bonchev–Trinajstić information content (AvgIpc) is 1.84. The number of allylic oxidation sites excluding steroid dienone is 1. The Kier molecular flexibility index (Phi) is 4.73. The second-order valence-corrected chi connectivity index (χ2v) is 3.95. The van der Waals surface area contributed by atoms with E-state index < -0.39 is 0 Å². The molecule has 0 saturated heterocycles. The highest BCUT2D eigenvalue weighted by Crippen LogP contribution is 2.02. The van der Waals surface area contributed by atoms with E-state index in [1.54, 1.807) is 0 Å². The third kappa shape index (κ3) is 6.35. The van der Waals surface area contributed by atoms with Gasteiger partial charge in [0.05, 0.1) is 27.2 Å². The molecule has 0 amide bonds. The molecule has 0 atom stereocenters. The average molecular weight is 179 g/mol. The quantitative estimate of drug-likeness (QED) is 0.642. The zero-order valence-corrected chi connectivity index (χ0v) is 8.23. The molecule has 0 aromatic rings. The first-order chi connectivity index (χ1) is 4.98. The van der Waals surface area contributed by atoms with Crippen LogP contribution in [0.15, 0.2) is 11.1 Å². The first-order valence-corrected chi connectivity index (χ1v) is 4.11. The van der Waals surface area contributed by atoms with Crippen molar-refractivity contribution in [3.05, 3.63) is 11.1 Å². The fraction of sp³-hybridized carbons (Fsp3) is 0.750. The molecule has 1 N–H and O–H groups in total. The zero-order chi connectivity index (χ0) is 8.91. The summed E-state index contributed by atoms with van der Waals surface area (Å²) in [6, 6.07) is 0. The summed E-state index contributed by atoms with van der Waals surface area (Å²) < 4.78 is 0.778. The van der Waals surface area contributed by atoms with Crippen LogP contribution in [0.25, 0.3) is 0 Å². The lowest BCUT2D eigenvalue weighted by atomic mass is 10.4. The normalized spacial score (nSPS) is 13.7. The fourth-order valence-corrected chi connectivity index (χ4v) is 0.804. The summed E-state index contributed by atoms with van der Waals surface area (Å²) in [7, 11) is 4.12. The van der Waals surface area contributed by atoms with Crippen LogP contribution in [0.1, 0.15) is 6.92 Å². The van der Waals surface area contributed by atoms with Crippen LogP contribution in [0, 0.1) is 0 Å². The third-order valence-electron chi connectivity index (χ3n) is 1.57. The van der Waals surface area contributed by atoms with Crippen molar-refractivity contribution in [1.82, 2.24) is 0 Å². The maximum atomic E-state index is 8.70. The summed E-state index contributed by atoms with van der Waals surface area (Å²) in [6.07, 6.45) is 1.97. The standard InChI is InChI=1S/C8H17ClNO/c1-8(9)4-5-10(2,3)6-7-11/h4,11H,5-7H2,1-3H3/q+1/b8-4+. The molecule has 0 aliphatic heterocycles. The molecule has 0 rings (SSSR count). The molecule has 0 heterocycles. The van der Waals surface area contributed by atoms with Crippen molar-refractivity contribution in [3.63, 3.8) is 0 Å². The van der Waals surface area contributed by atoms with E-state index in [1.165, 1.54) is 0 Å². The Balaban J connectivity index is 3.81. The Morgan fingerprint density at radius 1 is 1.55 bits per heavy atom. The van der Waals surface area contributed by atoms with Crippen LogP contribution >= 0.6 is 11.6 Å². The Bertz CT molecular complexity index is 139. The van der Waals surface area contributed by atoms with Crippen LogP contribution in [0.4, 0.5) is 0 Å². The highest BCUT2D eigenvalue weighted by molar-refractivity contribution is 6.29. The molecule has 0 aliphatic carbocycles. The topological polar surface area (TPSA) is 20.2 Å². The summed E-state index contributed by atoms with van der Waals surface area (Å²) in [5.74, 6) is 0. The summed E-state index contributed by atoms with van der Waals surface area (Å²) in [5.41, 5.74) is 0. The summed E-state index contributed by atoms with van der Waals surface area (Å²) in [4.78, 5) is 0. The van der Waals surface area contributed by atoms with Crippen molar-refractivity contribution in [2.24, 2.45) is 0 Å². The lowest BCUT2D eigenvalue weighted by Gasteiger charge is -2.27. The predicted octanol–water partition coefficient (Wildman–Crippen LogP) is 1.20. The van der Waals surface area contributed by atoms with Crippen molar-refractivity contribution in [3.8, 4) is 0 Å². The number of halogens is 1. The van der Waals surface area contributed by atoms with Gasteiger partial charge in [0, 0.05) is 5.03 Å². The fourth-order valence-electron chi connectivity index (χ4n) is 0.735. The van der Waals surface area contributed by atoms with E-state index in [4.69, 9.17) is 16.7 Å². The monoisotopic (exact) mass is 178 g/mol. The van der Waals surface area contributed by atoms with Gasteiger partial charge in [-0.05, 0) is 13.0 Å². The number of rotatable bonds is 4. The number of hydrogen-bond acceptors (Lipinski definition) is 1. The first kappa shape index (κ1) is 11.0. The van der Waals surface area contributed by atoms with Gasteiger partial charge in [0.15, 0.2) is 0 Å². The van der Waals surface area contributed by atoms with Crippen LogP contribution in [-0.2, 0) is 0 Å². The second-order valence-electron chi connectivity index (χ2n) is 3.36. The minimum atomic E-state index is 0.224.